The molecule has 1 aromatic carbocycles. The van der Waals surface area contributed by atoms with Gasteiger partial charge < -0.3 is 15.5 Å². The van der Waals surface area contributed by atoms with Crippen LogP contribution in [0.25, 0.3) is 10.8 Å². The Bertz CT molecular complexity index is 1240. The smallest absolute Gasteiger partial charge is 0.277 e. The molecule has 1 aliphatic rings. The van der Waals surface area contributed by atoms with Crippen molar-refractivity contribution >= 4 is 40.7 Å². The summed E-state index contributed by atoms with van der Waals surface area (Å²) in [6, 6.07) is 8.06. The Kier molecular flexibility index (Phi) is 5.75. The van der Waals surface area contributed by atoms with E-state index in [4.69, 9.17) is 10.2 Å². The van der Waals surface area contributed by atoms with Crippen LogP contribution in [0, 0.1) is 11.7 Å². The van der Waals surface area contributed by atoms with Crippen LogP contribution in [0.5, 0.6) is 0 Å². The molecule has 8 nitrogen and oxygen atoms in total. The summed E-state index contributed by atoms with van der Waals surface area (Å²) in [5.74, 6) is 2.15. The van der Waals surface area contributed by atoms with Crippen LogP contribution in [0.2, 0.25) is 0 Å². The second-order valence-corrected chi connectivity index (χ2v) is 9.70. The summed E-state index contributed by atoms with van der Waals surface area (Å²) in [6.45, 7) is 2.29. The number of nitrogen functional groups attached to an aromatic ring is 1. The number of thioether (sulfide) groups is 1. The van der Waals surface area contributed by atoms with Gasteiger partial charge in [-0.15, -0.1) is 21.5 Å². The molecule has 0 spiro atoms. The van der Waals surface area contributed by atoms with Crippen molar-refractivity contribution in [2.75, 3.05) is 11.1 Å². The third-order valence-electron chi connectivity index (χ3n) is 5.07. The highest BCUT2D eigenvalue weighted by atomic mass is 32.2. The van der Waals surface area contributed by atoms with E-state index in [1.165, 1.54) is 40.8 Å². The number of nitrogens with zero attached hydrogens (tertiary/aromatic N) is 5. The van der Waals surface area contributed by atoms with Gasteiger partial charge in [0.05, 0.1) is 10.6 Å². The van der Waals surface area contributed by atoms with Crippen LogP contribution in [0.3, 0.4) is 0 Å². The van der Waals surface area contributed by atoms with Crippen LogP contribution in [0.1, 0.15) is 29.6 Å². The highest BCUT2D eigenvalue weighted by Gasteiger charge is 2.21. The number of rotatable bonds is 6. The zero-order chi connectivity index (χ0) is 22.1. The normalized spacial score (nSPS) is 15.5. The Labute approximate surface area is 191 Å². The van der Waals surface area contributed by atoms with E-state index in [2.05, 4.69) is 43.5 Å². The number of hydrogen-bond acceptors (Lipinski definition) is 10. The topological polar surface area (TPSA) is 116 Å². The maximum Gasteiger partial charge on any atom is 0.277 e. The maximum atomic E-state index is 13.1. The molecule has 3 heterocycles. The van der Waals surface area contributed by atoms with Gasteiger partial charge in [-0.25, -0.2) is 4.39 Å². The van der Waals surface area contributed by atoms with Gasteiger partial charge in [-0.3, -0.25) is 0 Å². The summed E-state index contributed by atoms with van der Waals surface area (Å²) in [5.41, 5.74) is 7.87. The van der Waals surface area contributed by atoms with Crippen molar-refractivity contribution in [3.63, 3.8) is 0 Å². The van der Waals surface area contributed by atoms with Gasteiger partial charge in [-0.2, -0.15) is 15.0 Å². The summed E-state index contributed by atoms with van der Waals surface area (Å²) < 4.78 is 19.0. The van der Waals surface area contributed by atoms with Gasteiger partial charge in [0, 0.05) is 10.6 Å². The highest BCUT2D eigenvalue weighted by Crippen LogP contribution is 2.37. The number of anilines is 3. The predicted molar refractivity (Wildman–Crippen MR) is 122 cm³/mol. The molecule has 4 aromatic rings. The van der Waals surface area contributed by atoms with Gasteiger partial charge in [0.2, 0.25) is 11.9 Å². The van der Waals surface area contributed by atoms with E-state index in [0.29, 0.717) is 34.3 Å². The standard InChI is InChI=1S/C21H20FN7OS2/c1-11-2-7-15-12(8-11)9-16(32-15)18-28-29-21(30-18)31-10-17-25-19(23)27-20(26-17)24-14-5-3-13(22)4-6-14/h3-6,9,11H,2,7-8,10H2,1H3,(H3,23,24,25,26,27)/t11-/m0/s1. The molecule has 0 saturated heterocycles. The van der Waals surface area contributed by atoms with Crippen molar-refractivity contribution in [2.45, 2.75) is 37.2 Å². The lowest BCUT2D eigenvalue weighted by atomic mass is 9.90. The van der Waals surface area contributed by atoms with Crippen molar-refractivity contribution in [3.8, 4) is 10.8 Å². The second kappa shape index (κ2) is 8.83. The lowest BCUT2D eigenvalue weighted by molar-refractivity contribution is 0.466. The SMILES string of the molecule is C[C@H]1CCc2sc(-c3nnc(SCc4nc(N)nc(Nc5ccc(F)cc5)n4)o3)cc2C1. The molecule has 164 valence electrons. The number of nitrogens with one attached hydrogen (secondary N) is 1. The fourth-order valence-electron chi connectivity index (χ4n) is 3.53. The minimum Gasteiger partial charge on any atom is -0.410 e. The van der Waals surface area contributed by atoms with Crippen LogP contribution < -0.4 is 11.1 Å². The van der Waals surface area contributed by atoms with E-state index in [1.807, 2.05) is 0 Å². The van der Waals surface area contributed by atoms with Gasteiger partial charge in [-0.05, 0) is 61.1 Å². The van der Waals surface area contributed by atoms with E-state index in [9.17, 15) is 4.39 Å². The highest BCUT2D eigenvalue weighted by molar-refractivity contribution is 7.98. The van der Waals surface area contributed by atoms with Crippen molar-refractivity contribution in [2.24, 2.45) is 5.92 Å². The largest absolute Gasteiger partial charge is 0.410 e. The van der Waals surface area contributed by atoms with Crippen LogP contribution in [0.4, 0.5) is 22.0 Å². The second-order valence-electron chi connectivity index (χ2n) is 7.63. The zero-order valence-electron chi connectivity index (χ0n) is 17.2. The van der Waals surface area contributed by atoms with Gasteiger partial charge in [0.25, 0.3) is 11.1 Å². The molecule has 0 unspecified atom stereocenters. The number of thiophene rings is 1. The van der Waals surface area contributed by atoms with E-state index >= 15 is 0 Å². The Balaban J connectivity index is 1.26. The molecule has 3 aromatic heterocycles. The van der Waals surface area contributed by atoms with Crippen LogP contribution in [0.15, 0.2) is 40.0 Å². The zero-order valence-corrected chi connectivity index (χ0v) is 18.8. The van der Waals surface area contributed by atoms with Crippen LogP contribution in [-0.4, -0.2) is 25.1 Å². The number of halogens is 1. The minimum atomic E-state index is -0.320. The first-order chi connectivity index (χ1) is 15.5. The molecule has 0 bridgehead atoms. The van der Waals surface area contributed by atoms with Gasteiger partial charge in [0.15, 0.2) is 0 Å². The van der Waals surface area contributed by atoms with Crippen LogP contribution >= 0.6 is 23.1 Å². The summed E-state index contributed by atoms with van der Waals surface area (Å²) >= 11 is 3.07. The van der Waals surface area contributed by atoms with Crippen molar-refractivity contribution in [3.05, 3.63) is 52.4 Å². The lowest BCUT2D eigenvalue weighted by Gasteiger charge is -2.16. The molecule has 11 heteroatoms. The molecule has 1 atom stereocenters. The molecule has 0 amide bonds. The number of aromatic nitrogens is 5. The third-order valence-corrected chi connectivity index (χ3v) is 7.11. The minimum absolute atomic E-state index is 0.0878. The fraction of sp³-hybridized carbons (Fsp3) is 0.286. The van der Waals surface area contributed by atoms with Crippen molar-refractivity contribution in [1.82, 2.24) is 25.1 Å². The summed E-state index contributed by atoms with van der Waals surface area (Å²) in [5, 5.41) is 11.8. The van der Waals surface area contributed by atoms with Gasteiger partial charge >= 0.3 is 0 Å². The molecule has 32 heavy (non-hydrogen) atoms. The third kappa shape index (κ3) is 4.73. The Morgan fingerprint density at radius 3 is 2.91 bits per heavy atom. The van der Waals surface area contributed by atoms with E-state index in [1.54, 1.807) is 23.5 Å². The monoisotopic (exact) mass is 469 g/mol. The molecule has 5 rings (SSSR count). The summed E-state index contributed by atoms with van der Waals surface area (Å²) in [4.78, 5) is 15.0. The van der Waals surface area contributed by atoms with Crippen molar-refractivity contribution in [1.29, 1.82) is 0 Å². The number of benzene rings is 1. The average Bonchev–Trinajstić information content (AvgIpc) is 3.40. The molecule has 0 aliphatic heterocycles. The molecular weight excluding hydrogens is 449 g/mol. The summed E-state index contributed by atoms with van der Waals surface area (Å²) in [6.07, 6.45) is 3.45. The van der Waals surface area contributed by atoms with Crippen molar-refractivity contribution < 1.29 is 8.81 Å². The molecule has 0 saturated carbocycles. The number of fused-ring (bicyclic) bond motifs is 1. The quantitative estimate of drug-likeness (QED) is 0.382. The fourth-order valence-corrected chi connectivity index (χ4v) is 5.27. The summed E-state index contributed by atoms with van der Waals surface area (Å²) in [7, 11) is 0. The first kappa shape index (κ1) is 20.8. The molecular formula is C21H20FN7OS2. The van der Waals surface area contributed by atoms with E-state index in [0.717, 1.165) is 17.7 Å². The van der Waals surface area contributed by atoms with E-state index < -0.39 is 0 Å². The number of hydrogen-bond donors (Lipinski definition) is 2. The van der Waals surface area contributed by atoms with Crippen LogP contribution in [-0.2, 0) is 18.6 Å². The van der Waals surface area contributed by atoms with Gasteiger partial charge in [-0.1, -0.05) is 18.7 Å². The first-order valence-corrected chi connectivity index (χ1v) is 11.9. The lowest BCUT2D eigenvalue weighted by Crippen LogP contribution is -2.07. The Hall–Kier alpha value is -3.05. The molecule has 0 radical (unpaired) electrons. The molecule has 1 aliphatic carbocycles. The average molecular weight is 470 g/mol. The number of nitrogens with two attached hydrogens (primary N) is 1. The molecule has 0 fully saturated rings. The Morgan fingerprint density at radius 2 is 2.06 bits per heavy atom. The number of aryl methyl sites for hydroxylation is 1. The van der Waals surface area contributed by atoms with E-state index in [-0.39, 0.29) is 17.7 Å². The maximum absolute atomic E-state index is 13.1. The predicted octanol–water partition coefficient (Wildman–Crippen LogP) is 4.87. The Morgan fingerprint density at radius 1 is 1.22 bits per heavy atom. The first-order valence-electron chi connectivity index (χ1n) is 10.1. The van der Waals surface area contributed by atoms with Gasteiger partial charge in [0.1, 0.15) is 11.6 Å². The molecule has 3 N–H and O–H groups in total.